The molecular formula is C12H13FN2O3. The van der Waals surface area contributed by atoms with Crippen molar-refractivity contribution in [3.05, 3.63) is 30.1 Å². The molecular weight excluding hydrogens is 239 g/mol. The van der Waals surface area contributed by atoms with Crippen LogP contribution in [0.2, 0.25) is 0 Å². The van der Waals surface area contributed by atoms with Gasteiger partial charge in [-0.2, -0.15) is 0 Å². The third-order valence-corrected chi connectivity index (χ3v) is 2.56. The molecule has 0 saturated carbocycles. The van der Waals surface area contributed by atoms with Crippen LogP contribution in [-0.2, 0) is 4.79 Å². The molecule has 1 aromatic rings. The van der Waals surface area contributed by atoms with E-state index in [9.17, 15) is 14.0 Å². The largest absolute Gasteiger partial charge is 0.492 e. The second-order valence-electron chi connectivity index (χ2n) is 3.83. The molecule has 6 heteroatoms. The molecule has 96 valence electrons. The molecule has 0 atom stereocenters. The first kappa shape index (κ1) is 12.3. The third kappa shape index (κ3) is 2.97. The average Bonchev–Trinajstić information content (AvgIpc) is 2.35. The van der Waals surface area contributed by atoms with Crippen LogP contribution in [0.4, 0.5) is 9.18 Å². The molecule has 5 nitrogen and oxygen atoms in total. The number of hydrogen-bond donors (Lipinski definition) is 1. The normalized spacial score (nSPS) is 15.5. The number of hydrogen-bond acceptors (Lipinski definition) is 3. The van der Waals surface area contributed by atoms with Crippen molar-refractivity contribution in [2.75, 3.05) is 19.7 Å². The predicted molar refractivity (Wildman–Crippen MR) is 61.6 cm³/mol. The monoisotopic (exact) mass is 252 g/mol. The summed E-state index contributed by atoms with van der Waals surface area (Å²) < 4.78 is 18.0. The highest BCUT2D eigenvalue weighted by Gasteiger charge is 2.24. The summed E-state index contributed by atoms with van der Waals surface area (Å²) in [5, 5.41) is 2.58. The maximum atomic E-state index is 12.6. The third-order valence-electron chi connectivity index (χ3n) is 2.56. The summed E-state index contributed by atoms with van der Waals surface area (Å²) in [6.07, 6.45) is 0.308. The zero-order chi connectivity index (χ0) is 13.0. The average molecular weight is 252 g/mol. The number of ether oxygens (including phenoxy) is 1. The van der Waals surface area contributed by atoms with Gasteiger partial charge in [-0.15, -0.1) is 0 Å². The maximum absolute atomic E-state index is 12.6. The maximum Gasteiger partial charge on any atom is 0.324 e. The van der Waals surface area contributed by atoms with Crippen LogP contribution in [-0.4, -0.2) is 36.5 Å². The van der Waals surface area contributed by atoms with Crippen molar-refractivity contribution < 1.29 is 18.7 Å². The van der Waals surface area contributed by atoms with Gasteiger partial charge >= 0.3 is 6.03 Å². The van der Waals surface area contributed by atoms with Crippen molar-refractivity contribution in [3.8, 4) is 5.75 Å². The summed E-state index contributed by atoms with van der Waals surface area (Å²) >= 11 is 0. The summed E-state index contributed by atoms with van der Waals surface area (Å²) in [5.74, 6) is -0.0457. The lowest BCUT2D eigenvalue weighted by atomic mass is 10.3. The van der Waals surface area contributed by atoms with E-state index in [0.717, 1.165) is 4.90 Å². The Kier molecular flexibility index (Phi) is 3.76. The molecule has 0 radical (unpaired) electrons. The van der Waals surface area contributed by atoms with Crippen molar-refractivity contribution in [2.24, 2.45) is 0 Å². The van der Waals surface area contributed by atoms with Crippen LogP contribution < -0.4 is 10.1 Å². The van der Waals surface area contributed by atoms with Crippen LogP contribution in [0, 0.1) is 5.82 Å². The highest BCUT2D eigenvalue weighted by Crippen LogP contribution is 2.11. The lowest BCUT2D eigenvalue weighted by Gasteiger charge is -2.25. The number of carbonyl (C=O) groups excluding carboxylic acids is 2. The highest BCUT2D eigenvalue weighted by atomic mass is 19.1. The van der Waals surface area contributed by atoms with E-state index >= 15 is 0 Å². The van der Waals surface area contributed by atoms with E-state index in [4.69, 9.17) is 4.74 Å². The zero-order valence-electron chi connectivity index (χ0n) is 9.69. The van der Waals surface area contributed by atoms with E-state index in [0.29, 0.717) is 18.7 Å². The Balaban J connectivity index is 1.82. The fourth-order valence-corrected chi connectivity index (χ4v) is 1.63. The number of carbonyl (C=O) groups is 2. The van der Waals surface area contributed by atoms with E-state index in [1.165, 1.54) is 24.3 Å². The summed E-state index contributed by atoms with van der Waals surface area (Å²) in [6, 6.07) is 5.16. The highest BCUT2D eigenvalue weighted by molar-refractivity contribution is 5.96. The van der Waals surface area contributed by atoms with Crippen molar-refractivity contribution in [3.63, 3.8) is 0 Å². The van der Waals surface area contributed by atoms with Crippen LogP contribution in [0.3, 0.4) is 0 Å². The first-order chi connectivity index (χ1) is 8.66. The second-order valence-corrected chi connectivity index (χ2v) is 3.83. The number of imide groups is 1. The van der Waals surface area contributed by atoms with E-state index in [-0.39, 0.29) is 24.9 Å². The Labute approximate surface area is 104 Å². The van der Waals surface area contributed by atoms with Crippen LogP contribution in [0.15, 0.2) is 24.3 Å². The second kappa shape index (κ2) is 5.48. The fraction of sp³-hybridized carbons (Fsp3) is 0.333. The fourth-order valence-electron chi connectivity index (χ4n) is 1.63. The summed E-state index contributed by atoms with van der Waals surface area (Å²) in [5.41, 5.74) is 0. The number of urea groups is 1. The number of amides is 3. The number of rotatable bonds is 4. The molecule has 0 spiro atoms. The molecule has 1 N–H and O–H groups in total. The van der Waals surface area contributed by atoms with Gasteiger partial charge in [0.2, 0.25) is 5.91 Å². The number of halogens is 1. The van der Waals surface area contributed by atoms with Gasteiger partial charge in [-0.05, 0) is 24.3 Å². The van der Waals surface area contributed by atoms with Gasteiger partial charge in [0.15, 0.2) is 0 Å². The number of nitrogens with one attached hydrogen (secondary N) is 1. The van der Waals surface area contributed by atoms with Gasteiger partial charge in [-0.3, -0.25) is 9.69 Å². The van der Waals surface area contributed by atoms with Gasteiger partial charge in [0.05, 0.1) is 6.54 Å². The molecule has 1 aliphatic heterocycles. The standard InChI is InChI=1S/C12H13FN2O3/c13-9-1-3-10(4-2-9)18-8-7-15-11(16)5-6-14-12(15)17/h1-4H,5-8H2,(H,14,17). The minimum absolute atomic E-state index is 0.183. The van der Waals surface area contributed by atoms with Crippen molar-refractivity contribution in [2.45, 2.75) is 6.42 Å². The minimum atomic E-state index is -0.394. The molecule has 0 bridgehead atoms. The number of benzene rings is 1. The van der Waals surface area contributed by atoms with Crippen LogP contribution >= 0.6 is 0 Å². The molecule has 0 aliphatic carbocycles. The topological polar surface area (TPSA) is 58.6 Å². The Morgan fingerprint density at radius 3 is 2.67 bits per heavy atom. The van der Waals surface area contributed by atoms with E-state index < -0.39 is 6.03 Å². The Bertz CT molecular complexity index is 431. The SMILES string of the molecule is O=C1CCNC(=O)N1CCOc1ccc(F)cc1. The van der Waals surface area contributed by atoms with Crippen LogP contribution in [0.1, 0.15) is 6.42 Å². The van der Waals surface area contributed by atoms with Gasteiger partial charge < -0.3 is 10.1 Å². The van der Waals surface area contributed by atoms with Gasteiger partial charge in [-0.25, -0.2) is 9.18 Å². The lowest BCUT2D eigenvalue weighted by molar-refractivity contribution is -0.129. The molecule has 1 heterocycles. The molecule has 1 aliphatic rings. The Hall–Kier alpha value is -2.11. The van der Waals surface area contributed by atoms with Gasteiger partial charge in [0, 0.05) is 13.0 Å². The first-order valence-electron chi connectivity index (χ1n) is 5.63. The van der Waals surface area contributed by atoms with E-state index in [2.05, 4.69) is 5.32 Å². The molecule has 3 amide bonds. The van der Waals surface area contributed by atoms with Gasteiger partial charge in [-0.1, -0.05) is 0 Å². The van der Waals surface area contributed by atoms with Crippen molar-refractivity contribution in [1.29, 1.82) is 0 Å². The predicted octanol–water partition coefficient (Wildman–Crippen LogP) is 1.15. The van der Waals surface area contributed by atoms with Crippen molar-refractivity contribution >= 4 is 11.9 Å². The minimum Gasteiger partial charge on any atom is -0.492 e. The van der Waals surface area contributed by atoms with Gasteiger partial charge in [0.1, 0.15) is 18.2 Å². The Morgan fingerprint density at radius 2 is 2.00 bits per heavy atom. The quantitative estimate of drug-likeness (QED) is 0.874. The smallest absolute Gasteiger partial charge is 0.324 e. The summed E-state index contributed by atoms with van der Waals surface area (Å²) in [4.78, 5) is 24.0. The Morgan fingerprint density at radius 1 is 1.28 bits per heavy atom. The van der Waals surface area contributed by atoms with Crippen molar-refractivity contribution in [1.82, 2.24) is 10.2 Å². The van der Waals surface area contributed by atoms with Crippen LogP contribution in [0.5, 0.6) is 5.75 Å². The first-order valence-corrected chi connectivity index (χ1v) is 5.63. The summed E-state index contributed by atoms with van der Waals surface area (Å²) in [6.45, 7) is 0.750. The molecule has 1 saturated heterocycles. The van der Waals surface area contributed by atoms with Gasteiger partial charge in [0.25, 0.3) is 0 Å². The van der Waals surface area contributed by atoms with E-state index in [1.54, 1.807) is 0 Å². The van der Waals surface area contributed by atoms with Crippen LogP contribution in [0.25, 0.3) is 0 Å². The molecule has 2 rings (SSSR count). The molecule has 18 heavy (non-hydrogen) atoms. The number of nitrogens with zero attached hydrogens (tertiary/aromatic N) is 1. The molecule has 1 aromatic carbocycles. The molecule has 1 fully saturated rings. The molecule has 0 aromatic heterocycles. The summed E-state index contributed by atoms with van der Waals surface area (Å²) in [7, 11) is 0. The zero-order valence-corrected chi connectivity index (χ0v) is 9.69. The molecule has 0 unspecified atom stereocenters. The van der Waals surface area contributed by atoms with E-state index in [1.807, 2.05) is 0 Å². The lowest BCUT2D eigenvalue weighted by Crippen LogP contribution is -2.51.